The molecule has 6 rings (SSSR count). The molecule has 0 fully saturated rings. The van der Waals surface area contributed by atoms with Gasteiger partial charge in [-0.1, -0.05) is 79.6 Å². The van der Waals surface area contributed by atoms with E-state index in [4.69, 9.17) is 9.61 Å². The van der Waals surface area contributed by atoms with E-state index in [0.29, 0.717) is 55.2 Å². The maximum atomic E-state index is 11.2. The molecule has 3 heterocycles. The Morgan fingerprint density at radius 3 is 1.84 bits per heavy atom. The van der Waals surface area contributed by atoms with Crippen LogP contribution < -0.4 is 21.3 Å². The average Bonchev–Trinajstić information content (AvgIpc) is 3.66. The molecule has 6 aromatic rings. The van der Waals surface area contributed by atoms with Gasteiger partial charge in [0.25, 0.3) is 0 Å². The molecule has 0 aliphatic rings. The van der Waals surface area contributed by atoms with E-state index in [1.165, 1.54) is 17.2 Å². The van der Waals surface area contributed by atoms with Crippen molar-refractivity contribution in [1.29, 1.82) is 0 Å². The number of non-ortho nitro benzene ring substituents is 1. The molecule has 0 aliphatic heterocycles. The minimum Gasteiger partial charge on any atom is -0.383 e. The van der Waals surface area contributed by atoms with Crippen LogP contribution in [0.15, 0.2) is 102 Å². The summed E-state index contributed by atoms with van der Waals surface area (Å²) in [5.41, 5.74) is 4.57. The Labute approximate surface area is 295 Å². The SMILES string of the molecule is O=[N+]([O-])c1ccc(NCCCCCCNc2nc(NCCc3ccccn3)nc(NCCC(c3ccccc3)c3ccccc3)n2)c2nonc12. The molecule has 4 N–H and O–H groups in total. The number of benzene rings is 3. The second-order valence-corrected chi connectivity index (χ2v) is 12.0. The lowest BCUT2D eigenvalue weighted by atomic mass is 9.88. The Bertz CT molecular complexity index is 1920. The number of rotatable bonds is 20. The van der Waals surface area contributed by atoms with Crippen LogP contribution in [0.5, 0.6) is 0 Å². The Morgan fingerprint density at radius 2 is 1.22 bits per heavy atom. The van der Waals surface area contributed by atoms with Crippen LogP contribution in [0.25, 0.3) is 11.0 Å². The zero-order valence-electron chi connectivity index (χ0n) is 28.2. The minimum absolute atomic E-state index is 0.127. The molecule has 262 valence electrons. The van der Waals surface area contributed by atoms with E-state index in [1.807, 2.05) is 30.3 Å². The molecule has 0 saturated heterocycles. The summed E-state index contributed by atoms with van der Waals surface area (Å²) in [7, 11) is 0. The lowest BCUT2D eigenvalue weighted by Gasteiger charge is -2.19. The monoisotopic (exact) mass is 687 g/mol. The quantitative estimate of drug-likeness (QED) is 0.0363. The van der Waals surface area contributed by atoms with E-state index in [1.54, 1.807) is 12.3 Å². The largest absolute Gasteiger partial charge is 0.383 e. The van der Waals surface area contributed by atoms with E-state index in [0.717, 1.165) is 44.2 Å². The van der Waals surface area contributed by atoms with Crippen LogP contribution in [0.2, 0.25) is 0 Å². The highest BCUT2D eigenvalue weighted by atomic mass is 16.6. The first-order chi connectivity index (χ1) is 25.1. The van der Waals surface area contributed by atoms with Crippen LogP contribution >= 0.6 is 0 Å². The third kappa shape index (κ3) is 9.94. The molecule has 0 bridgehead atoms. The summed E-state index contributed by atoms with van der Waals surface area (Å²) in [6, 6.07) is 30.1. The molecule has 14 nitrogen and oxygen atoms in total. The van der Waals surface area contributed by atoms with Crippen molar-refractivity contribution in [3.8, 4) is 0 Å². The van der Waals surface area contributed by atoms with Crippen LogP contribution in [-0.2, 0) is 6.42 Å². The fraction of sp³-hybridized carbons (Fsp3) is 0.297. The number of hydrogen-bond acceptors (Lipinski definition) is 13. The standard InChI is InChI=1S/C37H41N11O3/c49-48(50)32-19-18-31(33-34(32)47-51-46-33)39-23-10-1-2-11-24-40-35-43-36(41-25-20-29-17-9-12-22-38-29)45-37(44-35)42-26-21-30(27-13-5-3-6-14-27)28-15-7-4-8-16-28/h3-9,12-19,22,30,39H,1-2,10-11,20-21,23-26H2,(H3,40,41,42,43,44,45). The molecule has 0 saturated carbocycles. The summed E-state index contributed by atoms with van der Waals surface area (Å²) in [6.45, 7) is 2.72. The molecule has 0 spiro atoms. The molecule has 0 atom stereocenters. The highest BCUT2D eigenvalue weighted by Crippen LogP contribution is 2.29. The summed E-state index contributed by atoms with van der Waals surface area (Å²) in [6.07, 6.45) is 7.25. The molecule has 0 radical (unpaired) electrons. The maximum absolute atomic E-state index is 11.2. The molecular formula is C37H41N11O3. The van der Waals surface area contributed by atoms with Crippen molar-refractivity contribution in [1.82, 2.24) is 30.2 Å². The summed E-state index contributed by atoms with van der Waals surface area (Å²) >= 11 is 0. The van der Waals surface area contributed by atoms with Crippen molar-refractivity contribution < 1.29 is 9.55 Å². The van der Waals surface area contributed by atoms with Crippen LogP contribution in [0, 0.1) is 10.1 Å². The van der Waals surface area contributed by atoms with E-state index >= 15 is 0 Å². The van der Waals surface area contributed by atoms with Gasteiger partial charge in [0.1, 0.15) is 0 Å². The van der Waals surface area contributed by atoms with E-state index < -0.39 is 4.92 Å². The number of nitro benzene ring substituents is 1. The third-order valence-electron chi connectivity index (χ3n) is 8.44. The maximum Gasteiger partial charge on any atom is 0.300 e. The van der Waals surface area contributed by atoms with Crippen molar-refractivity contribution in [2.75, 3.05) is 47.4 Å². The highest BCUT2D eigenvalue weighted by molar-refractivity contribution is 5.93. The molecule has 0 aliphatic carbocycles. The molecule has 0 amide bonds. The number of unbranched alkanes of at least 4 members (excludes halogenated alkanes) is 3. The van der Waals surface area contributed by atoms with Gasteiger partial charge in [0.15, 0.2) is 5.52 Å². The van der Waals surface area contributed by atoms with Crippen LogP contribution in [0.4, 0.5) is 29.2 Å². The predicted molar refractivity (Wildman–Crippen MR) is 198 cm³/mol. The predicted octanol–water partition coefficient (Wildman–Crippen LogP) is 7.08. The molecule has 3 aromatic carbocycles. The summed E-state index contributed by atoms with van der Waals surface area (Å²) in [5.74, 6) is 1.77. The van der Waals surface area contributed by atoms with Gasteiger partial charge in [-0.3, -0.25) is 15.1 Å². The average molecular weight is 688 g/mol. The normalized spacial score (nSPS) is 11.1. The first-order valence-corrected chi connectivity index (χ1v) is 17.2. The smallest absolute Gasteiger partial charge is 0.300 e. The Balaban J connectivity index is 1.00. The van der Waals surface area contributed by atoms with E-state index in [-0.39, 0.29) is 17.1 Å². The zero-order valence-corrected chi connectivity index (χ0v) is 28.2. The van der Waals surface area contributed by atoms with Gasteiger partial charge in [0, 0.05) is 56.5 Å². The summed E-state index contributed by atoms with van der Waals surface area (Å²) in [5, 5.41) is 32.2. The molecular weight excluding hydrogens is 646 g/mol. The number of anilines is 4. The van der Waals surface area contributed by atoms with Gasteiger partial charge in [-0.25, -0.2) is 4.63 Å². The Kier molecular flexibility index (Phi) is 12.2. The van der Waals surface area contributed by atoms with Crippen LogP contribution in [0.3, 0.4) is 0 Å². The van der Waals surface area contributed by atoms with Crippen molar-refractivity contribution in [3.05, 3.63) is 124 Å². The number of nitrogens with zero attached hydrogens (tertiary/aromatic N) is 7. The van der Waals surface area contributed by atoms with Gasteiger partial charge >= 0.3 is 5.69 Å². The van der Waals surface area contributed by atoms with Crippen LogP contribution in [-0.4, -0.2) is 61.4 Å². The number of aromatic nitrogens is 6. The third-order valence-corrected chi connectivity index (χ3v) is 8.44. The Hall–Kier alpha value is -6.18. The second-order valence-electron chi connectivity index (χ2n) is 12.0. The number of fused-ring (bicyclic) bond motifs is 1. The molecule has 14 heteroatoms. The van der Waals surface area contributed by atoms with Crippen molar-refractivity contribution in [2.24, 2.45) is 0 Å². The molecule has 0 unspecified atom stereocenters. The lowest BCUT2D eigenvalue weighted by Crippen LogP contribution is -2.16. The molecule has 51 heavy (non-hydrogen) atoms. The summed E-state index contributed by atoms with van der Waals surface area (Å²) in [4.78, 5) is 29.2. The zero-order chi connectivity index (χ0) is 35.1. The topological polar surface area (TPSA) is 182 Å². The van der Waals surface area contributed by atoms with Crippen molar-refractivity contribution >= 4 is 40.3 Å². The number of hydrogen-bond donors (Lipinski definition) is 4. The minimum atomic E-state index is -0.492. The van der Waals surface area contributed by atoms with Crippen molar-refractivity contribution in [2.45, 2.75) is 44.4 Å². The van der Waals surface area contributed by atoms with Gasteiger partial charge in [0.2, 0.25) is 23.4 Å². The van der Waals surface area contributed by atoms with E-state index in [9.17, 15) is 10.1 Å². The van der Waals surface area contributed by atoms with Gasteiger partial charge in [-0.15, -0.1) is 0 Å². The van der Waals surface area contributed by atoms with Gasteiger partial charge in [0.05, 0.1) is 10.6 Å². The van der Waals surface area contributed by atoms with Gasteiger partial charge in [-0.05, 0) is 58.9 Å². The number of nitrogens with one attached hydrogen (secondary N) is 4. The fourth-order valence-corrected chi connectivity index (χ4v) is 5.86. The van der Waals surface area contributed by atoms with Gasteiger partial charge in [-0.2, -0.15) is 15.0 Å². The number of nitro groups is 1. The second kappa shape index (κ2) is 18.0. The lowest BCUT2D eigenvalue weighted by molar-refractivity contribution is -0.383. The van der Waals surface area contributed by atoms with Crippen LogP contribution in [0.1, 0.15) is 54.8 Å². The first-order valence-electron chi connectivity index (χ1n) is 17.2. The van der Waals surface area contributed by atoms with E-state index in [2.05, 4.69) is 95.1 Å². The van der Waals surface area contributed by atoms with Crippen molar-refractivity contribution in [3.63, 3.8) is 0 Å². The van der Waals surface area contributed by atoms with Gasteiger partial charge < -0.3 is 21.3 Å². The highest BCUT2D eigenvalue weighted by Gasteiger charge is 2.19. The fourth-order valence-electron chi connectivity index (χ4n) is 5.86. The molecule has 3 aromatic heterocycles. The Morgan fingerprint density at radius 1 is 0.627 bits per heavy atom. The first kappa shape index (κ1) is 34.7. The number of pyridine rings is 1. The summed E-state index contributed by atoms with van der Waals surface area (Å²) < 4.78 is 4.74.